The summed E-state index contributed by atoms with van der Waals surface area (Å²) in [5.74, 6) is 1.94. The lowest BCUT2D eigenvalue weighted by Gasteiger charge is -2.44. The Kier molecular flexibility index (Phi) is 7.61. The van der Waals surface area contributed by atoms with Gasteiger partial charge in [-0.1, -0.05) is 57.9 Å². The fourth-order valence-electron chi connectivity index (χ4n) is 6.91. The van der Waals surface area contributed by atoms with Crippen molar-refractivity contribution < 1.29 is 15.3 Å². The summed E-state index contributed by atoms with van der Waals surface area (Å²) in [5.41, 5.74) is 3.15. The highest BCUT2D eigenvalue weighted by atomic mass is 16.3. The summed E-state index contributed by atoms with van der Waals surface area (Å²) in [4.78, 5) is 0. The van der Waals surface area contributed by atoms with Crippen molar-refractivity contribution in [2.45, 2.75) is 110 Å². The molecule has 3 nitrogen and oxygen atoms in total. The molecular formula is C28H46O3. The van der Waals surface area contributed by atoms with Gasteiger partial charge < -0.3 is 15.3 Å². The Morgan fingerprint density at radius 2 is 1.94 bits per heavy atom. The first-order chi connectivity index (χ1) is 14.4. The van der Waals surface area contributed by atoms with E-state index < -0.39 is 17.8 Å². The van der Waals surface area contributed by atoms with Crippen LogP contribution in [0.1, 0.15) is 92.4 Å². The smallest absolute Gasteiger partial charge is 0.0837 e. The SMILES string of the molecule is C=C1/C(=C/C=C2\CCCC3(C)C2CCC3[C@@H](C)CCCC(C)(C)O)C[C@@H](O)[C@H](C)[C@H]1O. The van der Waals surface area contributed by atoms with Gasteiger partial charge in [0.25, 0.3) is 0 Å². The lowest BCUT2D eigenvalue weighted by atomic mass is 9.60. The van der Waals surface area contributed by atoms with Crippen LogP contribution in [0.15, 0.2) is 35.5 Å². The molecule has 0 amide bonds. The van der Waals surface area contributed by atoms with Crippen molar-refractivity contribution >= 4 is 0 Å². The molecule has 3 saturated carbocycles. The number of allylic oxidation sites excluding steroid dienone is 3. The average molecular weight is 431 g/mol. The Hall–Kier alpha value is -0.900. The predicted molar refractivity (Wildman–Crippen MR) is 129 cm³/mol. The van der Waals surface area contributed by atoms with Gasteiger partial charge in [-0.05, 0) is 93.1 Å². The zero-order chi connectivity index (χ0) is 23.0. The molecule has 3 heteroatoms. The third-order valence-electron chi connectivity index (χ3n) is 8.97. The summed E-state index contributed by atoms with van der Waals surface area (Å²) in [6, 6.07) is 0. The Balaban J connectivity index is 1.71. The third kappa shape index (κ3) is 5.37. The van der Waals surface area contributed by atoms with Crippen LogP contribution in [0, 0.1) is 29.1 Å². The van der Waals surface area contributed by atoms with E-state index in [9.17, 15) is 15.3 Å². The van der Waals surface area contributed by atoms with E-state index in [1.807, 2.05) is 20.8 Å². The molecule has 31 heavy (non-hydrogen) atoms. The lowest BCUT2D eigenvalue weighted by molar-refractivity contribution is 0.0283. The first-order valence-electron chi connectivity index (χ1n) is 12.6. The van der Waals surface area contributed by atoms with Crippen LogP contribution in [0.3, 0.4) is 0 Å². The molecule has 0 aromatic heterocycles. The van der Waals surface area contributed by atoms with Gasteiger partial charge in [0.05, 0.1) is 17.8 Å². The molecule has 3 aliphatic carbocycles. The number of aliphatic hydroxyl groups is 3. The first kappa shape index (κ1) is 24.7. The van der Waals surface area contributed by atoms with Crippen LogP contribution in [0.2, 0.25) is 0 Å². The van der Waals surface area contributed by atoms with Gasteiger partial charge in [-0.3, -0.25) is 0 Å². The van der Waals surface area contributed by atoms with Crippen LogP contribution in [-0.2, 0) is 0 Å². The zero-order valence-electron chi connectivity index (χ0n) is 20.5. The molecule has 0 aromatic rings. The van der Waals surface area contributed by atoms with Gasteiger partial charge in [-0.25, -0.2) is 0 Å². The molecule has 0 spiro atoms. The van der Waals surface area contributed by atoms with Crippen LogP contribution >= 0.6 is 0 Å². The van der Waals surface area contributed by atoms with Crippen molar-refractivity contribution in [3.05, 3.63) is 35.5 Å². The van der Waals surface area contributed by atoms with E-state index >= 15 is 0 Å². The van der Waals surface area contributed by atoms with E-state index in [-0.39, 0.29) is 5.92 Å². The molecule has 7 atom stereocenters. The summed E-state index contributed by atoms with van der Waals surface area (Å²) in [7, 11) is 0. The van der Waals surface area contributed by atoms with Crippen molar-refractivity contribution in [3.8, 4) is 0 Å². The number of fused-ring (bicyclic) bond motifs is 1. The first-order valence-corrected chi connectivity index (χ1v) is 12.6. The van der Waals surface area contributed by atoms with Gasteiger partial charge in [-0.15, -0.1) is 0 Å². The molecule has 3 unspecified atom stereocenters. The summed E-state index contributed by atoms with van der Waals surface area (Å²) >= 11 is 0. The minimum atomic E-state index is -0.648. The Morgan fingerprint density at radius 1 is 1.23 bits per heavy atom. The van der Waals surface area contributed by atoms with Crippen LogP contribution < -0.4 is 0 Å². The molecule has 0 radical (unpaired) electrons. The van der Waals surface area contributed by atoms with Crippen molar-refractivity contribution in [3.63, 3.8) is 0 Å². The second kappa shape index (κ2) is 9.53. The Labute approximate surface area is 190 Å². The van der Waals surface area contributed by atoms with Crippen LogP contribution in [0.5, 0.6) is 0 Å². The summed E-state index contributed by atoms with van der Waals surface area (Å²) in [5, 5.41) is 30.7. The van der Waals surface area contributed by atoms with E-state index in [1.54, 1.807) is 5.57 Å². The number of rotatable bonds is 6. The van der Waals surface area contributed by atoms with Crippen molar-refractivity contribution in [2.24, 2.45) is 29.1 Å². The maximum atomic E-state index is 10.4. The molecule has 3 rings (SSSR count). The van der Waals surface area contributed by atoms with Gasteiger partial charge in [0, 0.05) is 5.92 Å². The maximum Gasteiger partial charge on any atom is 0.0837 e. The van der Waals surface area contributed by atoms with Gasteiger partial charge in [0.2, 0.25) is 0 Å². The van der Waals surface area contributed by atoms with Gasteiger partial charge >= 0.3 is 0 Å². The number of hydrogen-bond donors (Lipinski definition) is 3. The van der Waals surface area contributed by atoms with Crippen LogP contribution in [0.25, 0.3) is 0 Å². The summed E-state index contributed by atoms with van der Waals surface area (Å²) in [6.45, 7) is 14.8. The van der Waals surface area contributed by atoms with Gasteiger partial charge in [0.15, 0.2) is 0 Å². The largest absolute Gasteiger partial charge is 0.392 e. The van der Waals surface area contributed by atoms with Gasteiger partial charge in [-0.2, -0.15) is 0 Å². The minimum absolute atomic E-state index is 0.149. The Bertz CT molecular complexity index is 712. The molecule has 0 aromatic carbocycles. The van der Waals surface area contributed by atoms with E-state index in [0.29, 0.717) is 23.7 Å². The van der Waals surface area contributed by atoms with E-state index in [1.165, 1.54) is 32.1 Å². The van der Waals surface area contributed by atoms with Crippen molar-refractivity contribution in [1.82, 2.24) is 0 Å². The second-order valence-electron chi connectivity index (χ2n) is 11.8. The lowest BCUT2D eigenvalue weighted by Crippen LogP contribution is -2.36. The molecule has 3 aliphatic rings. The average Bonchev–Trinajstić information content (AvgIpc) is 3.04. The molecule has 3 fully saturated rings. The summed E-state index contributed by atoms with van der Waals surface area (Å²) < 4.78 is 0. The van der Waals surface area contributed by atoms with Gasteiger partial charge in [0.1, 0.15) is 0 Å². The summed E-state index contributed by atoms with van der Waals surface area (Å²) in [6.07, 6.45) is 13.4. The number of aliphatic hydroxyl groups excluding tert-OH is 2. The highest BCUT2D eigenvalue weighted by Crippen LogP contribution is 2.60. The van der Waals surface area contributed by atoms with E-state index in [4.69, 9.17) is 0 Å². The monoisotopic (exact) mass is 430 g/mol. The minimum Gasteiger partial charge on any atom is -0.392 e. The molecule has 176 valence electrons. The van der Waals surface area contributed by atoms with E-state index in [0.717, 1.165) is 36.3 Å². The maximum absolute atomic E-state index is 10.4. The third-order valence-corrected chi connectivity index (χ3v) is 8.97. The molecule has 0 aliphatic heterocycles. The topological polar surface area (TPSA) is 60.7 Å². The fourth-order valence-corrected chi connectivity index (χ4v) is 6.91. The zero-order valence-corrected chi connectivity index (χ0v) is 20.5. The molecular weight excluding hydrogens is 384 g/mol. The van der Waals surface area contributed by atoms with Crippen molar-refractivity contribution in [1.29, 1.82) is 0 Å². The van der Waals surface area contributed by atoms with Crippen molar-refractivity contribution in [2.75, 3.05) is 0 Å². The van der Waals surface area contributed by atoms with Crippen LogP contribution in [-0.4, -0.2) is 33.1 Å². The molecule has 0 heterocycles. The van der Waals surface area contributed by atoms with E-state index in [2.05, 4.69) is 32.6 Å². The van der Waals surface area contributed by atoms with Crippen LogP contribution in [0.4, 0.5) is 0 Å². The quantitative estimate of drug-likeness (QED) is 0.488. The molecule has 0 bridgehead atoms. The molecule has 0 saturated heterocycles. The second-order valence-corrected chi connectivity index (χ2v) is 11.8. The number of hydrogen-bond acceptors (Lipinski definition) is 3. The predicted octanol–water partition coefficient (Wildman–Crippen LogP) is 5.95. The normalized spacial score (nSPS) is 40.4. The molecule has 3 N–H and O–H groups in total. The highest BCUT2D eigenvalue weighted by Gasteiger charge is 2.50. The fraction of sp³-hybridized carbons (Fsp3) is 0.786. The standard InChI is InChI=1S/C28H46O3/c1-18(9-7-15-27(4,5)31)23-13-14-24-21(10-8-16-28(23,24)6)11-12-22-17-25(29)20(3)26(30)19(22)2/h11-12,18,20,23-26,29-31H,2,7-10,13-17H2,1,3-6H3/b21-11+,22-12+/t18-,20-,23?,24?,25+,26-,28?/m0/s1. The Morgan fingerprint density at radius 3 is 2.61 bits per heavy atom. The highest BCUT2D eigenvalue weighted by molar-refractivity contribution is 5.39.